The van der Waals surface area contributed by atoms with Crippen LogP contribution in [-0.2, 0) is 22.8 Å². The predicted molar refractivity (Wildman–Crippen MR) is 75.6 cm³/mol. The minimum atomic E-state index is -4.58. The third-order valence-corrected chi connectivity index (χ3v) is 4.03. The van der Waals surface area contributed by atoms with Crippen LogP contribution >= 0.6 is 15.9 Å². The number of hydrogen-bond acceptors (Lipinski definition) is 3. The number of esters is 1. The molecule has 1 aliphatic rings. The van der Waals surface area contributed by atoms with Crippen LogP contribution in [-0.4, -0.2) is 37.2 Å². The molecular weight excluding hydrogens is 370 g/mol. The molecule has 1 saturated heterocycles. The van der Waals surface area contributed by atoms with Gasteiger partial charge in [-0.15, -0.1) is 0 Å². The van der Waals surface area contributed by atoms with Crippen LogP contribution in [0, 0.1) is 0 Å². The molecule has 2 rings (SSSR count). The molecule has 1 heterocycles. The molecule has 8 heteroatoms. The van der Waals surface area contributed by atoms with E-state index in [0.717, 1.165) is 13.2 Å². The van der Waals surface area contributed by atoms with E-state index >= 15 is 0 Å². The van der Waals surface area contributed by atoms with Crippen LogP contribution in [0.1, 0.15) is 27.0 Å². The number of hydrogen-bond donors (Lipinski definition) is 0. The number of rotatable bonds is 4. The second kappa shape index (κ2) is 6.54. The fourth-order valence-corrected chi connectivity index (χ4v) is 3.01. The van der Waals surface area contributed by atoms with Gasteiger partial charge < -0.3 is 4.74 Å². The van der Waals surface area contributed by atoms with E-state index < -0.39 is 23.9 Å². The number of nitrogens with zero attached hydrogens (tertiary/aromatic N) is 1. The Bertz CT molecular complexity index is 571. The van der Waals surface area contributed by atoms with Crippen molar-refractivity contribution >= 4 is 21.9 Å². The highest BCUT2D eigenvalue weighted by molar-refractivity contribution is 9.08. The summed E-state index contributed by atoms with van der Waals surface area (Å²) in [6.07, 6.45) is -5.52. The van der Waals surface area contributed by atoms with E-state index in [4.69, 9.17) is 0 Å². The lowest BCUT2D eigenvalue weighted by Crippen LogP contribution is -2.47. The van der Waals surface area contributed by atoms with E-state index in [0.29, 0.717) is 5.56 Å². The van der Waals surface area contributed by atoms with Crippen molar-refractivity contribution in [2.45, 2.75) is 24.2 Å². The van der Waals surface area contributed by atoms with Crippen molar-refractivity contribution in [1.29, 1.82) is 0 Å². The van der Waals surface area contributed by atoms with E-state index in [9.17, 15) is 22.4 Å². The summed E-state index contributed by atoms with van der Waals surface area (Å²) >= 11 is 2.99. The molecule has 3 nitrogen and oxygen atoms in total. The number of methoxy groups -OCH3 is 1. The van der Waals surface area contributed by atoms with Gasteiger partial charge in [-0.2, -0.15) is 13.2 Å². The zero-order valence-electron chi connectivity index (χ0n) is 11.7. The van der Waals surface area contributed by atoms with Crippen molar-refractivity contribution in [2.75, 3.05) is 20.2 Å². The molecular formula is C14H14BrF4NO2. The molecule has 1 aliphatic heterocycles. The van der Waals surface area contributed by atoms with Gasteiger partial charge in [-0.25, -0.2) is 9.18 Å². The average molecular weight is 384 g/mol. The van der Waals surface area contributed by atoms with Gasteiger partial charge in [0.2, 0.25) is 0 Å². The molecule has 0 aromatic heterocycles. The molecule has 1 fully saturated rings. The van der Waals surface area contributed by atoms with Gasteiger partial charge in [0.25, 0.3) is 0 Å². The lowest BCUT2D eigenvalue weighted by Gasteiger charge is -2.34. The minimum absolute atomic E-state index is 0.122. The van der Waals surface area contributed by atoms with Crippen molar-refractivity contribution < 1.29 is 27.1 Å². The molecule has 22 heavy (non-hydrogen) atoms. The highest BCUT2D eigenvalue weighted by atomic mass is 79.9. The summed E-state index contributed by atoms with van der Waals surface area (Å²) in [6.45, 7) is 0.542. The van der Waals surface area contributed by atoms with Crippen molar-refractivity contribution in [3.8, 4) is 0 Å². The number of likely N-dealkylation sites (tertiary alicyclic amines) is 1. The molecule has 1 aromatic rings. The molecule has 1 aromatic carbocycles. The highest BCUT2D eigenvalue weighted by Gasteiger charge is 2.36. The van der Waals surface area contributed by atoms with E-state index in [1.165, 1.54) is 6.07 Å². The number of carbonyl (C=O) groups is 1. The van der Waals surface area contributed by atoms with E-state index in [-0.39, 0.29) is 36.1 Å². The van der Waals surface area contributed by atoms with E-state index in [2.05, 4.69) is 20.7 Å². The number of halogens is 5. The van der Waals surface area contributed by atoms with Crippen LogP contribution in [0.4, 0.5) is 17.6 Å². The first-order valence-corrected chi connectivity index (χ1v) is 7.62. The number of benzene rings is 1. The molecule has 0 bridgehead atoms. The predicted octanol–water partition coefficient (Wildman–Crippen LogP) is 3.54. The largest absolute Gasteiger partial charge is 0.465 e. The van der Waals surface area contributed by atoms with Gasteiger partial charge >= 0.3 is 12.1 Å². The van der Waals surface area contributed by atoms with Crippen LogP contribution in [0.2, 0.25) is 0 Å². The maximum Gasteiger partial charge on any atom is 0.416 e. The van der Waals surface area contributed by atoms with Crippen LogP contribution in [0.3, 0.4) is 0 Å². The first-order chi connectivity index (χ1) is 10.3. The molecule has 0 amide bonds. The second-order valence-electron chi connectivity index (χ2n) is 5.08. The monoisotopic (exact) mass is 383 g/mol. The van der Waals surface area contributed by atoms with Gasteiger partial charge in [-0.1, -0.05) is 15.9 Å². The Morgan fingerprint density at radius 3 is 2.50 bits per heavy atom. The SMILES string of the molecule is COC(=O)c1cc(CN2CC(F)C2)cc(C(F)(F)F)c1CBr. The summed E-state index contributed by atoms with van der Waals surface area (Å²) in [5.74, 6) is -0.825. The summed E-state index contributed by atoms with van der Waals surface area (Å²) in [7, 11) is 1.11. The van der Waals surface area contributed by atoms with Crippen LogP contribution < -0.4 is 0 Å². The molecule has 0 unspecified atom stereocenters. The Balaban J connectivity index is 2.44. The summed E-state index contributed by atoms with van der Waals surface area (Å²) in [6, 6.07) is 2.39. The molecule has 0 atom stereocenters. The lowest BCUT2D eigenvalue weighted by atomic mass is 9.97. The maximum atomic E-state index is 13.2. The smallest absolute Gasteiger partial charge is 0.416 e. The second-order valence-corrected chi connectivity index (χ2v) is 5.64. The first-order valence-electron chi connectivity index (χ1n) is 6.50. The molecule has 122 valence electrons. The standard InChI is InChI=1S/C14H14BrF4NO2/c1-22-13(21)10-2-8(5-20-6-9(16)7-20)3-12(11(10)4-15)14(17,18)19/h2-3,9H,4-7H2,1H3. The van der Waals surface area contributed by atoms with Gasteiger partial charge in [0, 0.05) is 25.0 Å². The summed E-state index contributed by atoms with van der Waals surface area (Å²) in [5, 5.41) is -0.122. The molecule has 0 N–H and O–H groups in total. The minimum Gasteiger partial charge on any atom is -0.465 e. The zero-order chi connectivity index (χ0) is 16.5. The third kappa shape index (κ3) is 3.60. The summed E-state index contributed by atoms with van der Waals surface area (Å²) in [5.41, 5.74) is -0.847. The first kappa shape index (κ1) is 17.2. The van der Waals surface area contributed by atoms with Crippen molar-refractivity contribution in [2.24, 2.45) is 0 Å². The highest BCUT2D eigenvalue weighted by Crippen LogP contribution is 2.36. The Kier molecular flexibility index (Phi) is 5.11. The van der Waals surface area contributed by atoms with Crippen molar-refractivity contribution in [3.05, 3.63) is 34.4 Å². The lowest BCUT2D eigenvalue weighted by molar-refractivity contribution is -0.138. The quantitative estimate of drug-likeness (QED) is 0.452. The van der Waals surface area contributed by atoms with Crippen LogP contribution in [0.25, 0.3) is 0 Å². The average Bonchev–Trinajstić information content (AvgIpc) is 2.42. The van der Waals surface area contributed by atoms with Gasteiger partial charge in [-0.05, 0) is 23.3 Å². The fraction of sp³-hybridized carbons (Fsp3) is 0.500. The number of carbonyl (C=O) groups excluding carboxylic acids is 1. The summed E-state index contributed by atoms with van der Waals surface area (Å²) < 4.78 is 57.0. The van der Waals surface area contributed by atoms with Crippen LogP contribution in [0.5, 0.6) is 0 Å². The van der Waals surface area contributed by atoms with Crippen LogP contribution in [0.15, 0.2) is 12.1 Å². The van der Waals surface area contributed by atoms with Gasteiger partial charge in [0.15, 0.2) is 0 Å². The third-order valence-electron chi connectivity index (χ3n) is 3.47. The van der Waals surface area contributed by atoms with E-state index in [1.54, 1.807) is 4.90 Å². The normalized spacial score (nSPS) is 16.5. The van der Waals surface area contributed by atoms with Gasteiger partial charge in [0.05, 0.1) is 18.2 Å². The summed E-state index contributed by atoms with van der Waals surface area (Å²) in [4.78, 5) is 13.4. The Morgan fingerprint density at radius 2 is 2.05 bits per heavy atom. The number of alkyl halides is 5. The molecule has 0 radical (unpaired) electrons. The Morgan fingerprint density at radius 1 is 1.41 bits per heavy atom. The number of ether oxygens (including phenoxy) is 1. The van der Waals surface area contributed by atoms with Gasteiger partial charge in [-0.3, -0.25) is 4.90 Å². The Hall–Kier alpha value is -1.15. The van der Waals surface area contributed by atoms with Gasteiger partial charge in [0.1, 0.15) is 6.17 Å². The van der Waals surface area contributed by atoms with E-state index in [1.807, 2.05) is 0 Å². The Labute approximate surface area is 133 Å². The maximum absolute atomic E-state index is 13.2. The van der Waals surface area contributed by atoms with Crippen molar-refractivity contribution in [1.82, 2.24) is 4.90 Å². The topological polar surface area (TPSA) is 29.5 Å². The molecule has 0 saturated carbocycles. The fourth-order valence-electron chi connectivity index (χ4n) is 2.41. The zero-order valence-corrected chi connectivity index (χ0v) is 13.3. The molecule has 0 spiro atoms. The molecule has 0 aliphatic carbocycles. The van der Waals surface area contributed by atoms with Crippen molar-refractivity contribution in [3.63, 3.8) is 0 Å².